The number of nitrogen functional groups attached to an aromatic ring is 1. The zero-order valence-corrected chi connectivity index (χ0v) is 10.4. The summed E-state index contributed by atoms with van der Waals surface area (Å²) in [4.78, 5) is 19.5. The van der Waals surface area contributed by atoms with Gasteiger partial charge in [-0.15, -0.1) is 0 Å². The quantitative estimate of drug-likeness (QED) is 0.695. The minimum Gasteiger partial charge on any atom is -0.383 e. The Bertz CT molecular complexity index is 391. The predicted octanol–water partition coefficient (Wildman–Crippen LogP) is 0.558. The Kier molecular flexibility index (Phi) is 4.68. The molecule has 0 radical (unpaired) electrons. The molecule has 4 N–H and O–H groups in total. The van der Waals surface area contributed by atoms with Gasteiger partial charge < -0.3 is 16.4 Å². The molecular formula is C11H19N5O. The molecule has 0 aliphatic rings. The average Bonchev–Trinajstić information content (AvgIpc) is 2.25. The number of nitrogens with zero attached hydrogens (tertiary/aromatic N) is 2. The van der Waals surface area contributed by atoms with Crippen molar-refractivity contribution >= 4 is 17.5 Å². The smallest absolute Gasteiger partial charge is 0.239 e. The van der Waals surface area contributed by atoms with Crippen LogP contribution in [0.3, 0.4) is 0 Å². The molecule has 0 bridgehead atoms. The number of hydrogen-bond donors (Lipinski definition) is 3. The van der Waals surface area contributed by atoms with E-state index in [1.54, 1.807) is 0 Å². The summed E-state index contributed by atoms with van der Waals surface area (Å²) in [5.41, 5.74) is 6.57. The standard InChI is InChI=1S/C11H19N5O/c1-4-8-10(12)14-6-15-11(8)13-5-9(17)16-7(2)3/h6-7H,4-5H2,1-3H3,(H,16,17)(H3,12,13,14,15). The van der Waals surface area contributed by atoms with E-state index in [2.05, 4.69) is 20.6 Å². The van der Waals surface area contributed by atoms with E-state index in [0.29, 0.717) is 11.6 Å². The molecule has 1 amide bonds. The van der Waals surface area contributed by atoms with E-state index in [9.17, 15) is 4.79 Å². The van der Waals surface area contributed by atoms with E-state index < -0.39 is 0 Å². The van der Waals surface area contributed by atoms with Crippen molar-refractivity contribution in [1.29, 1.82) is 0 Å². The average molecular weight is 237 g/mol. The van der Waals surface area contributed by atoms with Gasteiger partial charge in [0.2, 0.25) is 5.91 Å². The van der Waals surface area contributed by atoms with Crippen LogP contribution in [0.1, 0.15) is 26.3 Å². The third kappa shape index (κ3) is 3.90. The number of nitrogens with two attached hydrogens (primary N) is 1. The summed E-state index contributed by atoms with van der Waals surface area (Å²) in [5, 5.41) is 5.76. The number of nitrogens with one attached hydrogen (secondary N) is 2. The molecule has 0 aliphatic heterocycles. The van der Waals surface area contributed by atoms with Crippen molar-refractivity contribution in [1.82, 2.24) is 15.3 Å². The first-order valence-corrected chi connectivity index (χ1v) is 5.67. The van der Waals surface area contributed by atoms with Crippen LogP contribution in [-0.2, 0) is 11.2 Å². The maximum absolute atomic E-state index is 11.5. The number of aromatic nitrogens is 2. The maximum atomic E-state index is 11.5. The third-order valence-corrected chi connectivity index (χ3v) is 2.20. The minimum absolute atomic E-state index is 0.0702. The zero-order chi connectivity index (χ0) is 12.8. The Balaban J connectivity index is 2.63. The van der Waals surface area contributed by atoms with Crippen molar-refractivity contribution in [2.24, 2.45) is 0 Å². The lowest BCUT2D eigenvalue weighted by Gasteiger charge is -2.12. The highest BCUT2D eigenvalue weighted by molar-refractivity contribution is 5.81. The molecule has 1 aromatic rings. The van der Waals surface area contributed by atoms with Crippen molar-refractivity contribution in [2.45, 2.75) is 33.2 Å². The van der Waals surface area contributed by atoms with Crippen molar-refractivity contribution in [2.75, 3.05) is 17.6 Å². The molecule has 0 aliphatic carbocycles. The van der Waals surface area contributed by atoms with Gasteiger partial charge in [0.15, 0.2) is 0 Å². The number of carbonyl (C=O) groups excluding carboxylic acids is 1. The molecule has 1 heterocycles. The van der Waals surface area contributed by atoms with E-state index in [4.69, 9.17) is 5.73 Å². The first-order chi connectivity index (χ1) is 8.04. The topological polar surface area (TPSA) is 92.9 Å². The highest BCUT2D eigenvalue weighted by atomic mass is 16.1. The van der Waals surface area contributed by atoms with Crippen molar-refractivity contribution in [3.8, 4) is 0 Å². The van der Waals surface area contributed by atoms with Crippen molar-refractivity contribution in [3.63, 3.8) is 0 Å². The fourth-order valence-electron chi connectivity index (χ4n) is 1.46. The Morgan fingerprint density at radius 3 is 2.76 bits per heavy atom. The van der Waals surface area contributed by atoms with E-state index in [-0.39, 0.29) is 18.5 Å². The molecule has 6 nitrogen and oxygen atoms in total. The highest BCUT2D eigenvalue weighted by Crippen LogP contribution is 2.16. The van der Waals surface area contributed by atoms with Gasteiger partial charge in [0, 0.05) is 11.6 Å². The molecule has 0 fully saturated rings. The maximum Gasteiger partial charge on any atom is 0.239 e. The molecule has 1 aromatic heterocycles. The Hall–Kier alpha value is -1.85. The van der Waals surface area contributed by atoms with Crippen LogP contribution in [0.5, 0.6) is 0 Å². The molecular weight excluding hydrogens is 218 g/mol. The summed E-state index contributed by atoms with van der Waals surface area (Å²) in [6, 6.07) is 0.130. The predicted molar refractivity (Wildman–Crippen MR) is 67.6 cm³/mol. The summed E-state index contributed by atoms with van der Waals surface area (Å²) in [6.07, 6.45) is 2.11. The van der Waals surface area contributed by atoms with Crippen LogP contribution in [0.2, 0.25) is 0 Å². The molecule has 6 heteroatoms. The summed E-state index contributed by atoms with van der Waals surface area (Å²) in [7, 11) is 0. The summed E-state index contributed by atoms with van der Waals surface area (Å²) in [6.45, 7) is 5.98. The number of carbonyl (C=O) groups is 1. The lowest BCUT2D eigenvalue weighted by Crippen LogP contribution is -2.35. The Labute approximate surface area is 101 Å². The van der Waals surface area contributed by atoms with Gasteiger partial charge in [0.1, 0.15) is 18.0 Å². The van der Waals surface area contributed by atoms with Gasteiger partial charge in [-0.1, -0.05) is 6.92 Å². The van der Waals surface area contributed by atoms with Gasteiger partial charge in [0.05, 0.1) is 6.54 Å². The Morgan fingerprint density at radius 1 is 1.47 bits per heavy atom. The normalized spacial score (nSPS) is 10.4. The van der Waals surface area contributed by atoms with Crippen molar-refractivity contribution in [3.05, 3.63) is 11.9 Å². The minimum atomic E-state index is -0.0702. The molecule has 0 spiro atoms. The van der Waals surface area contributed by atoms with Gasteiger partial charge in [-0.05, 0) is 20.3 Å². The van der Waals surface area contributed by atoms with Crippen LogP contribution in [0.15, 0.2) is 6.33 Å². The Morgan fingerprint density at radius 2 is 2.18 bits per heavy atom. The van der Waals surface area contributed by atoms with Gasteiger partial charge in [-0.3, -0.25) is 4.79 Å². The zero-order valence-electron chi connectivity index (χ0n) is 10.4. The number of rotatable bonds is 5. The lowest BCUT2D eigenvalue weighted by molar-refractivity contribution is -0.119. The summed E-state index contributed by atoms with van der Waals surface area (Å²) < 4.78 is 0. The first kappa shape index (κ1) is 13.2. The fourth-order valence-corrected chi connectivity index (χ4v) is 1.46. The van der Waals surface area contributed by atoms with Crippen LogP contribution in [-0.4, -0.2) is 28.5 Å². The van der Waals surface area contributed by atoms with E-state index >= 15 is 0 Å². The second kappa shape index (κ2) is 6.03. The van der Waals surface area contributed by atoms with E-state index in [1.165, 1.54) is 6.33 Å². The molecule has 0 atom stereocenters. The van der Waals surface area contributed by atoms with Gasteiger partial charge >= 0.3 is 0 Å². The molecule has 0 saturated heterocycles. The fraction of sp³-hybridized carbons (Fsp3) is 0.545. The van der Waals surface area contributed by atoms with Crippen LogP contribution in [0, 0.1) is 0 Å². The first-order valence-electron chi connectivity index (χ1n) is 5.67. The summed E-state index contributed by atoms with van der Waals surface area (Å²) >= 11 is 0. The lowest BCUT2D eigenvalue weighted by atomic mass is 10.2. The molecule has 17 heavy (non-hydrogen) atoms. The monoisotopic (exact) mass is 237 g/mol. The molecule has 0 unspecified atom stereocenters. The van der Waals surface area contributed by atoms with Crippen LogP contribution >= 0.6 is 0 Å². The van der Waals surface area contributed by atoms with Gasteiger partial charge in [-0.25, -0.2) is 9.97 Å². The molecule has 1 rings (SSSR count). The SMILES string of the molecule is CCc1c(N)ncnc1NCC(=O)NC(C)C. The number of amides is 1. The largest absolute Gasteiger partial charge is 0.383 e. The van der Waals surface area contributed by atoms with E-state index in [1.807, 2.05) is 20.8 Å². The van der Waals surface area contributed by atoms with Crippen molar-refractivity contribution < 1.29 is 4.79 Å². The second-order valence-corrected chi connectivity index (χ2v) is 4.02. The van der Waals surface area contributed by atoms with Crippen LogP contribution < -0.4 is 16.4 Å². The molecule has 0 aromatic carbocycles. The van der Waals surface area contributed by atoms with Gasteiger partial charge in [0.25, 0.3) is 0 Å². The van der Waals surface area contributed by atoms with Crippen LogP contribution in [0.4, 0.5) is 11.6 Å². The summed E-state index contributed by atoms with van der Waals surface area (Å²) in [5.74, 6) is 1.01. The van der Waals surface area contributed by atoms with Crippen LogP contribution in [0.25, 0.3) is 0 Å². The second-order valence-electron chi connectivity index (χ2n) is 4.02. The van der Waals surface area contributed by atoms with E-state index in [0.717, 1.165) is 12.0 Å². The molecule has 0 saturated carbocycles. The number of anilines is 2. The number of hydrogen-bond acceptors (Lipinski definition) is 5. The third-order valence-electron chi connectivity index (χ3n) is 2.20. The van der Waals surface area contributed by atoms with Gasteiger partial charge in [-0.2, -0.15) is 0 Å². The highest BCUT2D eigenvalue weighted by Gasteiger charge is 2.08. The molecule has 94 valence electrons.